The van der Waals surface area contributed by atoms with Crippen LogP contribution in [0.2, 0.25) is 0 Å². The quantitative estimate of drug-likeness (QED) is 0.625. The van der Waals surface area contributed by atoms with Gasteiger partial charge in [-0.2, -0.15) is 0 Å². The van der Waals surface area contributed by atoms with Crippen LogP contribution < -0.4 is 10.6 Å². The van der Waals surface area contributed by atoms with Crippen LogP contribution in [0, 0.1) is 0 Å². The molecule has 0 aliphatic carbocycles. The number of benzene rings is 1. The van der Waals surface area contributed by atoms with Gasteiger partial charge >= 0.3 is 12.1 Å². The first kappa shape index (κ1) is 19.8. The number of anilines is 1. The van der Waals surface area contributed by atoms with Gasteiger partial charge in [0.15, 0.2) is 0 Å². The molecule has 0 heterocycles. The summed E-state index contributed by atoms with van der Waals surface area (Å²) in [6.45, 7) is 5.44. The highest BCUT2D eigenvalue weighted by molar-refractivity contribution is 6.29. The van der Waals surface area contributed by atoms with Crippen molar-refractivity contribution < 1.29 is 23.9 Å². The molecule has 0 aromatic heterocycles. The van der Waals surface area contributed by atoms with Crippen LogP contribution in [-0.2, 0) is 20.8 Å². The van der Waals surface area contributed by atoms with Gasteiger partial charge in [-0.15, -0.1) is 11.6 Å². The molecule has 1 rings (SSSR count). The van der Waals surface area contributed by atoms with E-state index in [0.717, 1.165) is 0 Å². The van der Waals surface area contributed by atoms with Gasteiger partial charge in [0.05, 0.1) is 18.4 Å². The Kier molecular flexibility index (Phi) is 7.03. The molecule has 7 nitrogen and oxygen atoms in total. The predicted octanol–water partition coefficient (Wildman–Crippen LogP) is 2.68. The molecule has 0 atom stereocenters. The smallest absolute Gasteiger partial charge is 0.407 e. The van der Waals surface area contributed by atoms with Crippen molar-refractivity contribution in [3.05, 3.63) is 29.3 Å². The second kappa shape index (κ2) is 8.54. The Labute approximate surface area is 145 Å². The summed E-state index contributed by atoms with van der Waals surface area (Å²) < 4.78 is 9.84. The number of methoxy groups -OCH3 is 1. The van der Waals surface area contributed by atoms with Gasteiger partial charge in [-0.25, -0.2) is 9.59 Å². The normalized spacial score (nSPS) is 10.7. The Morgan fingerprint density at radius 2 is 1.88 bits per heavy atom. The largest absolute Gasteiger partial charge is 0.465 e. The minimum atomic E-state index is -0.612. The molecule has 0 saturated carbocycles. The zero-order valence-corrected chi connectivity index (χ0v) is 14.8. The molecule has 8 heteroatoms. The van der Waals surface area contributed by atoms with Gasteiger partial charge in [-0.1, -0.05) is 6.07 Å². The van der Waals surface area contributed by atoms with Crippen LogP contribution in [0.5, 0.6) is 0 Å². The molecule has 1 aromatic rings. The van der Waals surface area contributed by atoms with Crippen molar-refractivity contribution >= 4 is 35.3 Å². The second-order valence-electron chi connectivity index (χ2n) is 5.91. The van der Waals surface area contributed by atoms with Crippen LogP contribution in [0.3, 0.4) is 0 Å². The van der Waals surface area contributed by atoms with Gasteiger partial charge in [0, 0.05) is 6.54 Å². The lowest BCUT2D eigenvalue weighted by molar-refractivity contribution is -0.113. The number of hydrogen-bond acceptors (Lipinski definition) is 5. The van der Waals surface area contributed by atoms with Crippen LogP contribution in [0.1, 0.15) is 36.7 Å². The topological polar surface area (TPSA) is 93.7 Å². The molecule has 1 aromatic carbocycles. The van der Waals surface area contributed by atoms with Gasteiger partial charge in [0.2, 0.25) is 5.91 Å². The van der Waals surface area contributed by atoms with E-state index in [2.05, 4.69) is 10.6 Å². The Morgan fingerprint density at radius 3 is 2.42 bits per heavy atom. The molecule has 2 N–H and O–H groups in total. The average Bonchev–Trinajstić information content (AvgIpc) is 2.51. The van der Waals surface area contributed by atoms with E-state index in [4.69, 9.17) is 21.1 Å². The van der Waals surface area contributed by atoms with Crippen LogP contribution in [0.15, 0.2) is 18.2 Å². The first-order valence-corrected chi connectivity index (χ1v) is 7.73. The Morgan fingerprint density at radius 1 is 1.21 bits per heavy atom. The highest BCUT2D eigenvalue weighted by atomic mass is 35.5. The lowest BCUT2D eigenvalue weighted by atomic mass is 10.1. The minimum absolute atomic E-state index is 0.155. The number of carbonyl (C=O) groups excluding carboxylic acids is 3. The lowest BCUT2D eigenvalue weighted by Crippen LogP contribution is -2.32. The molecule has 0 bridgehead atoms. The third-order valence-electron chi connectivity index (χ3n) is 2.72. The zero-order chi connectivity index (χ0) is 18.3. The number of halogens is 1. The SMILES string of the molecule is COC(=O)c1cc(CNC(=O)OC(C)(C)C)ccc1NC(=O)CCl. The number of carbonyl (C=O) groups is 3. The number of rotatable bonds is 5. The van der Waals surface area contributed by atoms with Crippen LogP contribution in [0.25, 0.3) is 0 Å². The zero-order valence-electron chi connectivity index (χ0n) is 14.1. The van der Waals surface area contributed by atoms with Gasteiger partial charge in [-0.3, -0.25) is 4.79 Å². The van der Waals surface area contributed by atoms with Crippen LogP contribution in [0.4, 0.5) is 10.5 Å². The molecule has 0 radical (unpaired) electrons. The third-order valence-corrected chi connectivity index (χ3v) is 2.96. The summed E-state index contributed by atoms with van der Waals surface area (Å²) in [7, 11) is 1.24. The highest BCUT2D eigenvalue weighted by Gasteiger charge is 2.17. The molecule has 0 fully saturated rings. The summed E-state index contributed by atoms with van der Waals surface area (Å²) in [5, 5.41) is 5.10. The standard InChI is InChI=1S/C16H21ClN2O5/c1-16(2,3)24-15(22)18-9-10-5-6-12(19-13(20)8-17)11(7-10)14(21)23-4/h5-7H,8-9H2,1-4H3,(H,18,22)(H,19,20). The minimum Gasteiger partial charge on any atom is -0.465 e. The van der Waals surface area contributed by atoms with Crippen molar-refractivity contribution in [2.24, 2.45) is 0 Å². The van der Waals surface area contributed by atoms with E-state index in [0.29, 0.717) is 5.56 Å². The maximum Gasteiger partial charge on any atom is 0.407 e. The number of alkyl halides is 1. The van der Waals surface area contributed by atoms with Gasteiger partial charge < -0.3 is 20.1 Å². The fourth-order valence-electron chi connectivity index (χ4n) is 1.76. The molecule has 0 spiro atoms. The van der Waals surface area contributed by atoms with E-state index < -0.39 is 23.6 Å². The number of esters is 1. The Hall–Kier alpha value is -2.28. The maximum absolute atomic E-state index is 11.9. The highest BCUT2D eigenvalue weighted by Crippen LogP contribution is 2.19. The fourth-order valence-corrected chi connectivity index (χ4v) is 1.83. The average molecular weight is 357 g/mol. The van der Waals surface area contributed by atoms with Crippen molar-refractivity contribution in [3.8, 4) is 0 Å². The number of alkyl carbamates (subject to hydrolysis) is 1. The van der Waals surface area contributed by atoms with Crippen molar-refractivity contribution in [1.82, 2.24) is 5.32 Å². The Bertz CT molecular complexity index is 625. The molecule has 0 aliphatic heterocycles. The van der Waals surface area contributed by atoms with Gasteiger partial charge in [0.1, 0.15) is 11.5 Å². The second-order valence-corrected chi connectivity index (χ2v) is 6.18. The third kappa shape index (κ3) is 6.45. The van der Waals surface area contributed by atoms with E-state index >= 15 is 0 Å². The van der Waals surface area contributed by atoms with Crippen molar-refractivity contribution in [1.29, 1.82) is 0 Å². The van der Waals surface area contributed by atoms with Crippen molar-refractivity contribution in [2.75, 3.05) is 18.3 Å². The van der Waals surface area contributed by atoms with Crippen molar-refractivity contribution in [3.63, 3.8) is 0 Å². The van der Waals surface area contributed by atoms with E-state index in [-0.39, 0.29) is 23.7 Å². The van der Waals surface area contributed by atoms with E-state index in [1.165, 1.54) is 13.2 Å². The van der Waals surface area contributed by atoms with E-state index in [1.807, 2.05) is 0 Å². The monoisotopic (exact) mass is 356 g/mol. The summed E-state index contributed by atoms with van der Waals surface area (Å²) in [5.41, 5.74) is 0.495. The molecule has 2 amide bonds. The predicted molar refractivity (Wildman–Crippen MR) is 90.2 cm³/mol. The molecular formula is C16H21ClN2O5. The van der Waals surface area contributed by atoms with E-state index in [9.17, 15) is 14.4 Å². The number of nitrogens with one attached hydrogen (secondary N) is 2. The summed E-state index contributed by atoms with van der Waals surface area (Å²) in [6, 6.07) is 4.73. The molecule has 0 unspecified atom stereocenters. The fraction of sp³-hybridized carbons (Fsp3) is 0.438. The van der Waals surface area contributed by atoms with Gasteiger partial charge in [-0.05, 0) is 38.5 Å². The Balaban J connectivity index is 2.88. The lowest BCUT2D eigenvalue weighted by Gasteiger charge is -2.19. The molecular weight excluding hydrogens is 336 g/mol. The molecule has 0 aliphatic rings. The number of hydrogen-bond donors (Lipinski definition) is 2. The van der Waals surface area contributed by atoms with Crippen LogP contribution >= 0.6 is 11.6 Å². The summed E-state index contributed by atoms with van der Waals surface area (Å²) in [5.74, 6) is -1.29. The molecule has 0 saturated heterocycles. The summed E-state index contributed by atoms with van der Waals surface area (Å²) in [4.78, 5) is 34.9. The van der Waals surface area contributed by atoms with Gasteiger partial charge in [0.25, 0.3) is 0 Å². The van der Waals surface area contributed by atoms with Crippen LogP contribution in [-0.4, -0.2) is 36.6 Å². The van der Waals surface area contributed by atoms with E-state index in [1.54, 1.807) is 32.9 Å². The first-order chi connectivity index (χ1) is 11.2. The molecule has 132 valence electrons. The maximum atomic E-state index is 11.9. The summed E-state index contributed by atoms with van der Waals surface area (Å²) in [6.07, 6.45) is -0.568. The summed E-state index contributed by atoms with van der Waals surface area (Å²) >= 11 is 5.45. The molecule has 24 heavy (non-hydrogen) atoms. The van der Waals surface area contributed by atoms with Crippen molar-refractivity contribution in [2.45, 2.75) is 32.9 Å². The first-order valence-electron chi connectivity index (χ1n) is 7.20. The number of amides is 2. The number of ether oxygens (including phenoxy) is 2.